The van der Waals surface area contributed by atoms with E-state index in [-0.39, 0.29) is 17.4 Å². The highest BCUT2D eigenvalue weighted by Crippen LogP contribution is 2.51. The Balaban J connectivity index is 1.55. The maximum absolute atomic E-state index is 12.4. The Labute approximate surface area is 156 Å². The Morgan fingerprint density at radius 1 is 1.46 bits per heavy atom. The van der Waals surface area contributed by atoms with Crippen LogP contribution in [0.15, 0.2) is 18.2 Å². The first kappa shape index (κ1) is 17.8. The van der Waals surface area contributed by atoms with E-state index in [9.17, 15) is 9.90 Å². The number of amides is 1. The highest BCUT2D eigenvalue weighted by Gasteiger charge is 2.50. The highest BCUT2D eigenvalue weighted by atomic mass is 16.3. The van der Waals surface area contributed by atoms with Crippen LogP contribution in [0.2, 0.25) is 0 Å². The molecule has 2 bridgehead atoms. The summed E-state index contributed by atoms with van der Waals surface area (Å²) in [6, 6.07) is 6.41. The van der Waals surface area contributed by atoms with E-state index in [2.05, 4.69) is 35.6 Å². The van der Waals surface area contributed by atoms with Gasteiger partial charge in [0, 0.05) is 18.0 Å². The number of phenols is 1. The topological polar surface area (TPSA) is 64.6 Å². The number of fused-ring (bicyclic) bond motifs is 4. The van der Waals surface area contributed by atoms with Gasteiger partial charge in [-0.05, 0) is 81.4 Å². The molecule has 2 heterocycles. The van der Waals surface area contributed by atoms with Crippen LogP contribution in [0.3, 0.4) is 0 Å². The molecule has 1 aromatic carbocycles. The van der Waals surface area contributed by atoms with E-state index >= 15 is 0 Å². The molecule has 1 amide bonds. The molecule has 2 aliphatic heterocycles. The number of piperidine rings is 1. The molecule has 0 aromatic heterocycles. The predicted molar refractivity (Wildman–Crippen MR) is 102 cm³/mol. The first-order valence-corrected chi connectivity index (χ1v) is 10.0. The van der Waals surface area contributed by atoms with Crippen LogP contribution in [0, 0.1) is 5.92 Å². The van der Waals surface area contributed by atoms with Crippen molar-refractivity contribution in [3.05, 3.63) is 29.3 Å². The first-order chi connectivity index (χ1) is 12.5. The minimum absolute atomic E-state index is 0.0159. The van der Waals surface area contributed by atoms with E-state index in [0.717, 1.165) is 45.2 Å². The average Bonchev–Trinajstić information content (AvgIpc) is 3.15. The average molecular weight is 357 g/mol. The number of nitrogens with one attached hydrogen (secondary N) is 2. The fourth-order valence-electron chi connectivity index (χ4n) is 5.59. The largest absolute Gasteiger partial charge is 0.508 e. The van der Waals surface area contributed by atoms with Gasteiger partial charge in [0.15, 0.2) is 0 Å². The van der Waals surface area contributed by atoms with E-state index < -0.39 is 0 Å². The lowest BCUT2D eigenvalue weighted by atomic mass is 9.56. The van der Waals surface area contributed by atoms with Crippen molar-refractivity contribution in [1.29, 1.82) is 0 Å². The fourth-order valence-corrected chi connectivity index (χ4v) is 5.59. The maximum Gasteiger partial charge on any atom is 0.237 e. The quantitative estimate of drug-likeness (QED) is 0.769. The molecule has 26 heavy (non-hydrogen) atoms. The monoisotopic (exact) mass is 357 g/mol. The molecule has 2 fully saturated rings. The van der Waals surface area contributed by atoms with Crippen molar-refractivity contribution in [2.24, 2.45) is 5.92 Å². The second-order valence-electron chi connectivity index (χ2n) is 8.48. The SMILES string of the molecule is C[C@H]1[C@H]2Cc3ccc(O)cc3C1(CCNC(=O)[C@@H]1CCCN1)CCN2C. The smallest absolute Gasteiger partial charge is 0.237 e. The Morgan fingerprint density at radius 3 is 3.08 bits per heavy atom. The zero-order valence-corrected chi connectivity index (χ0v) is 15.9. The summed E-state index contributed by atoms with van der Waals surface area (Å²) >= 11 is 0. The molecule has 1 aromatic rings. The molecule has 0 radical (unpaired) electrons. The molecule has 4 atom stereocenters. The van der Waals surface area contributed by atoms with E-state index in [0.29, 0.717) is 24.3 Å². The van der Waals surface area contributed by atoms with Crippen LogP contribution in [0.25, 0.3) is 0 Å². The summed E-state index contributed by atoms with van der Waals surface area (Å²) in [7, 11) is 2.23. The Kier molecular flexibility index (Phi) is 4.70. The summed E-state index contributed by atoms with van der Waals surface area (Å²) < 4.78 is 0. The first-order valence-electron chi connectivity index (χ1n) is 10.0. The normalized spacial score (nSPS) is 33.7. The molecule has 1 unspecified atom stereocenters. The molecule has 3 N–H and O–H groups in total. The third kappa shape index (κ3) is 2.91. The molecule has 0 spiro atoms. The van der Waals surface area contributed by atoms with Crippen LogP contribution in [-0.4, -0.2) is 54.7 Å². The Morgan fingerprint density at radius 2 is 2.31 bits per heavy atom. The summed E-state index contributed by atoms with van der Waals surface area (Å²) in [6.45, 7) is 5.07. The summed E-state index contributed by atoms with van der Waals surface area (Å²) in [5, 5.41) is 16.5. The van der Waals surface area contributed by atoms with Crippen LogP contribution >= 0.6 is 0 Å². The van der Waals surface area contributed by atoms with Crippen molar-refractivity contribution < 1.29 is 9.90 Å². The van der Waals surface area contributed by atoms with Gasteiger partial charge in [0.1, 0.15) is 5.75 Å². The number of benzene rings is 1. The van der Waals surface area contributed by atoms with Gasteiger partial charge >= 0.3 is 0 Å². The number of carbonyl (C=O) groups excluding carboxylic acids is 1. The van der Waals surface area contributed by atoms with Crippen LogP contribution in [-0.2, 0) is 16.6 Å². The zero-order valence-electron chi connectivity index (χ0n) is 15.9. The number of likely N-dealkylation sites (N-methyl/N-ethyl adjacent to an activating group) is 1. The van der Waals surface area contributed by atoms with Crippen molar-refractivity contribution in [3.63, 3.8) is 0 Å². The molecule has 1 aliphatic carbocycles. The number of carbonyl (C=O) groups is 1. The van der Waals surface area contributed by atoms with Crippen molar-refractivity contribution in [3.8, 4) is 5.75 Å². The molecule has 5 heteroatoms. The number of nitrogens with zero attached hydrogens (tertiary/aromatic N) is 1. The predicted octanol–water partition coefficient (Wildman–Crippen LogP) is 1.78. The third-order valence-electron chi connectivity index (χ3n) is 7.23. The second-order valence-corrected chi connectivity index (χ2v) is 8.48. The van der Waals surface area contributed by atoms with Gasteiger partial charge in [0.2, 0.25) is 5.91 Å². The van der Waals surface area contributed by atoms with Crippen molar-refractivity contribution >= 4 is 5.91 Å². The van der Waals surface area contributed by atoms with Gasteiger partial charge in [-0.1, -0.05) is 13.0 Å². The number of hydrogen-bond donors (Lipinski definition) is 3. The number of likely N-dealkylation sites (tertiary alicyclic amines) is 1. The molecular weight excluding hydrogens is 326 g/mol. The van der Waals surface area contributed by atoms with Gasteiger partial charge in [0.05, 0.1) is 6.04 Å². The highest BCUT2D eigenvalue weighted by molar-refractivity contribution is 5.81. The second kappa shape index (κ2) is 6.86. The number of aromatic hydroxyl groups is 1. The molecule has 2 saturated heterocycles. The van der Waals surface area contributed by atoms with Crippen LogP contribution in [0.1, 0.15) is 43.7 Å². The minimum atomic E-state index is -0.0159. The molecule has 0 saturated carbocycles. The van der Waals surface area contributed by atoms with Crippen molar-refractivity contribution in [2.75, 3.05) is 26.7 Å². The van der Waals surface area contributed by atoms with Crippen LogP contribution in [0.4, 0.5) is 0 Å². The van der Waals surface area contributed by atoms with Crippen molar-refractivity contribution in [1.82, 2.24) is 15.5 Å². The van der Waals surface area contributed by atoms with Gasteiger partial charge in [-0.3, -0.25) is 4.79 Å². The summed E-state index contributed by atoms with van der Waals surface area (Å²) in [4.78, 5) is 14.9. The van der Waals surface area contributed by atoms with Crippen LogP contribution in [0.5, 0.6) is 5.75 Å². The van der Waals surface area contributed by atoms with E-state index in [4.69, 9.17) is 0 Å². The summed E-state index contributed by atoms with van der Waals surface area (Å²) in [5.74, 6) is 1.01. The summed E-state index contributed by atoms with van der Waals surface area (Å²) in [6.07, 6.45) is 5.09. The summed E-state index contributed by atoms with van der Waals surface area (Å²) in [5.41, 5.74) is 2.71. The number of phenolic OH excluding ortho intramolecular Hbond substituents is 1. The molecular formula is C21H31N3O2. The van der Waals surface area contributed by atoms with E-state index in [1.54, 1.807) is 0 Å². The Bertz CT molecular complexity index is 686. The van der Waals surface area contributed by atoms with Crippen molar-refractivity contribution in [2.45, 2.75) is 56.5 Å². The number of hydrogen-bond acceptors (Lipinski definition) is 4. The van der Waals surface area contributed by atoms with Gasteiger partial charge in [-0.15, -0.1) is 0 Å². The molecule has 5 nitrogen and oxygen atoms in total. The standard InChI is InChI=1S/C21H31N3O2/c1-14-19-12-15-5-6-16(25)13-17(15)21(14,8-11-24(19)2)7-10-23-20(26)18-4-3-9-22-18/h5-6,13-14,18-19,22,25H,3-4,7-12H2,1-2H3,(H,23,26)/t14-,18-,19+,21?/m0/s1. The van der Waals surface area contributed by atoms with Gasteiger partial charge in [-0.25, -0.2) is 0 Å². The lowest BCUT2D eigenvalue weighted by molar-refractivity contribution is -0.122. The maximum atomic E-state index is 12.4. The lowest BCUT2D eigenvalue weighted by Gasteiger charge is -2.55. The van der Waals surface area contributed by atoms with E-state index in [1.165, 1.54) is 11.1 Å². The zero-order chi connectivity index (χ0) is 18.3. The molecule has 4 rings (SSSR count). The minimum Gasteiger partial charge on any atom is -0.508 e. The third-order valence-corrected chi connectivity index (χ3v) is 7.23. The molecule has 142 valence electrons. The van der Waals surface area contributed by atoms with E-state index in [1.807, 2.05) is 12.1 Å². The number of rotatable bonds is 4. The molecule has 3 aliphatic rings. The lowest BCUT2D eigenvalue weighted by Crippen LogP contribution is -2.58. The van der Waals surface area contributed by atoms with Gasteiger partial charge in [0.25, 0.3) is 0 Å². The Hall–Kier alpha value is -1.59. The van der Waals surface area contributed by atoms with Gasteiger partial charge < -0.3 is 20.6 Å². The van der Waals surface area contributed by atoms with Gasteiger partial charge in [-0.2, -0.15) is 0 Å². The van der Waals surface area contributed by atoms with Crippen LogP contribution < -0.4 is 10.6 Å². The fraction of sp³-hybridized carbons (Fsp3) is 0.667.